The number of non-ortho nitro benzene ring substituents is 2. The number of nitro groups is 2. The van der Waals surface area contributed by atoms with Gasteiger partial charge >= 0.3 is 0 Å². The van der Waals surface area contributed by atoms with Crippen LogP contribution in [0.4, 0.5) is 11.4 Å². The van der Waals surface area contributed by atoms with Gasteiger partial charge in [0.25, 0.3) is 11.4 Å². The van der Waals surface area contributed by atoms with E-state index in [0.29, 0.717) is 0 Å². The first-order chi connectivity index (χ1) is 21.5. The van der Waals surface area contributed by atoms with Gasteiger partial charge in [0.15, 0.2) is 0 Å². The molecule has 0 N–H and O–H groups in total. The van der Waals surface area contributed by atoms with Gasteiger partial charge < -0.3 is 0 Å². The van der Waals surface area contributed by atoms with Crippen molar-refractivity contribution in [2.75, 3.05) is 0 Å². The molecule has 0 amide bonds. The molecular weight excluding hydrogens is 552 g/mol. The van der Waals surface area contributed by atoms with Crippen LogP contribution in [0.3, 0.4) is 0 Å². The van der Waals surface area contributed by atoms with Gasteiger partial charge in [0.05, 0.1) is 9.85 Å². The van der Waals surface area contributed by atoms with Gasteiger partial charge in [0.2, 0.25) is 0 Å². The molecule has 0 saturated heterocycles. The molecule has 6 rings (SSSR count). The van der Waals surface area contributed by atoms with Crippen molar-refractivity contribution in [3.63, 3.8) is 0 Å². The van der Waals surface area contributed by atoms with Crippen molar-refractivity contribution in [2.45, 2.75) is 0 Å². The molecule has 44 heavy (non-hydrogen) atoms. The van der Waals surface area contributed by atoms with Gasteiger partial charge in [-0.3, -0.25) is 30.2 Å². The molecule has 0 aliphatic carbocycles. The molecule has 8 heteroatoms. The summed E-state index contributed by atoms with van der Waals surface area (Å²) in [4.78, 5) is 30.3. The van der Waals surface area contributed by atoms with Crippen molar-refractivity contribution in [3.8, 4) is 22.3 Å². The summed E-state index contributed by atoms with van der Waals surface area (Å²) in [5.74, 6) is 0. The largest absolute Gasteiger partial charge is 0.269 e. The Morgan fingerprint density at radius 3 is 0.909 bits per heavy atom. The maximum atomic E-state index is 11.4. The summed E-state index contributed by atoms with van der Waals surface area (Å²) in [6.45, 7) is 0. The number of hydrogen-bond donors (Lipinski definition) is 0. The zero-order valence-electron chi connectivity index (χ0n) is 23.3. The monoisotopic (exact) mass is 576 g/mol. The van der Waals surface area contributed by atoms with E-state index < -0.39 is 9.85 Å². The predicted octanol–water partition coefficient (Wildman–Crippen LogP) is 8.63. The van der Waals surface area contributed by atoms with Crippen LogP contribution in [0.25, 0.3) is 33.4 Å². The fourth-order valence-electron chi connectivity index (χ4n) is 5.16. The van der Waals surface area contributed by atoms with Crippen molar-refractivity contribution < 1.29 is 9.85 Å². The van der Waals surface area contributed by atoms with Crippen LogP contribution in [-0.2, 0) is 0 Å². The maximum absolute atomic E-state index is 11.4. The molecule has 2 aromatic heterocycles. The Bertz CT molecular complexity index is 1810. The summed E-state index contributed by atoms with van der Waals surface area (Å²) in [5.41, 5.74) is 8.99. The second-order valence-corrected chi connectivity index (χ2v) is 9.98. The summed E-state index contributed by atoms with van der Waals surface area (Å²) >= 11 is 0. The average molecular weight is 577 g/mol. The number of pyridine rings is 2. The molecule has 4 aromatic carbocycles. The summed E-state index contributed by atoms with van der Waals surface area (Å²) < 4.78 is 0. The van der Waals surface area contributed by atoms with E-state index in [1.54, 1.807) is 49.1 Å². The van der Waals surface area contributed by atoms with Crippen LogP contribution in [0, 0.1) is 20.2 Å². The van der Waals surface area contributed by atoms with E-state index in [4.69, 9.17) is 0 Å². The lowest BCUT2D eigenvalue weighted by Crippen LogP contribution is -1.99. The maximum Gasteiger partial charge on any atom is 0.269 e. The second-order valence-electron chi connectivity index (χ2n) is 9.98. The van der Waals surface area contributed by atoms with Crippen LogP contribution in [0.5, 0.6) is 0 Å². The Balaban J connectivity index is 1.59. The first kappa shape index (κ1) is 27.9. The number of nitrogens with zero attached hydrogens (tertiary/aromatic N) is 4. The zero-order valence-corrected chi connectivity index (χ0v) is 23.3. The van der Waals surface area contributed by atoms with Gasteiger partial charge in [-0.25, -0.2) is 0 Å². The molecule has 8 nitrogen and oxygen atoms in total. The third kappa shape index (κ3) is 5.86. The fourth-order valence-corrected chi connectivity index (χ4v) is 5.16. The summed E-state index contributed by atoms with van der Waals surface area (Å²) in [7, 11) is 0. The summed E-state index contributed by atoms with van der Waals surface area (Å²) in [6.07, 6.45) is 7.00. The molecule has 0 aliphatic rings. The van der Waals surface area contributed by atoms with Gasteiger partial charge in [-0.1, -0.05) is 48.5 Å². The lowest BCUT2D eigenvalue weighted by Gasteiger charge is -2.19. The fraction of sp³-hybridized carbons (Fsp3) is 0. The molecule has 0 spiro atoms. The van der Waals surface area contributed by atoms with Crippen molar-refractivity contribution in [2.24, 2.45) is 0 Å². The van der Waals surface area contributed by atoms with Crippen LogP contribution in [0.15, 0.2) is 146 Å². The standard InChI is InChI=1S/C36H24N4O4/c41-39(42)33-13-9-31(10-14-33)36(32-11-15-34(16-12-32)40(43)44)35(29-5-1-25(2-6-29)27-17-21-37-22-18-27)30-7-3-26(4-8-30)28-19-23-38-24-20-28/h1-24H. The molecule has 2 heterocycles. The van der Waals surface area contributed by atoms with E-state index in [2.05, 4.69) is 9.97 Å². The molecular formula is C36H24N4O4. The van der Waals surface area contributed by atoms with Gasteiger partial charge in [0.1, 0.15) is 0 Å². The Morgan fingerprint density at radius 2 is 0.636 bits per heavy atom. The second kappa shape index (κ2) is 12.3. The van der Waals surface area contributed by atoms with Crippen molar-refractivity contribution in [1.82, 2.24) is 9.97 Å². The van der Waals surface area contributed by atoms with E-state index in [9.17, 15) is 20.2 Å². The Kier molecular flexibility index (Phi) is 7.79. The first-order valence-corrected chi connectivity index (χ1v) is 13.7. The van der Waals surface area contributed by atoms with Gasteiger partial charge in [-0.15, -0.1) is 0 Å². The molecule has 0 radical (unpaired) electrons. The predicted molar refractivity (Wildman–Crippen MR) is 171 cm³/mol. The molecule has 0 aliphatic heterocycles. The SMILES string of the molecule is O=[N+]([O-])c1ccc(C(=C(c2ccc(-c3ccncc3)cc2)c2ccc(-c3ccncc3)cc2)c2ccc([N+](=O)[O-])cc2)cc1. The lowest BCUT2D eigenvalue weighted by molar-refractivity contribution is -0.385. The van der Waals surface area contributed by atoms with Gasteiger partial charge in [-0.2, -0.15) is 0 Å². The Morgan fingerprint density at radius 1 is 0.386 bits per heavy atom. The Labute approximate surface area is 253 Å². The highest BCUT2D eigenvalue weighted by Crippen LogP contribution is 2.39. The third-order valence-corrected chi connectivity index (χ3v) is 7.36. The minimum absolute atomic E-state index is 0.0262. The lowest BCUT2D eigenvalue weighted by atomic mass is 9.85. The number of benzene rings is 4. The van der Waals surface area contributed by atoms with Gasteiger partial charge in [-0.05, 0) is 104 Å². The minimum atomic E-state index is -0.435. The van der Waals surface area contributed by atoms with Crippen LogP contribution in [0.2, 0.25) is 0 Å². The molecule has 0 bridgehead atoms. The number of hydrogen-bond acceptors (Lipinski definition) is 6. The van der Waals surface area contributed by atoms with E-state index >= 15 is 0 Å². The quantitative estimate of drug-likeness (QED) is 0.102. The van der Waals surface area contributed by atoms with Crippen LogP contribution < -0.4 is 0 Å². The van der Waals surface area contributed by atoms with Crippen LogP contribution in [-0.4, -0.2) is 19.8 Å². The highest BCUT2D eigenvalue weighted by molar-refractivity contribution is 6.05. The van der Waals surface area contributed by atoms with E-state index in [1.807, 2.05) is 72.8 Å². The molecule has 0 fully saturated rings. The smallest absolute Gasteiger partial charge is 0.265 e. The van der Waals surface area contributed by atoms with Crippen molar-refractivity contribution >= 4 is 22.5 Å². The minimum Gasteiger partial charge on any atom is -0.265 e. The molecule has 6 aromatic rings. The molecule has 0 saturated carbocycles. The highest BCUT2D eigenvalue weighted by atomic mass is 16.6. The number of nitro benzene ring substituents is 2. The number of rotatable bonds is 8. The summed E-state index contributed by atoms with van der Waals surface area (Å²) in [6, 6.07) is 36.8. The van der Waals surface area contributed by atoms with E-state index in [0.717, 1.165) is 55.7 Å². The normalized spacial score (nSPS) is 10.6. The van der Waals surface area contributed by atoms with Gasteiger partial charge in [0, 0.05) is 49.1 Å². The van der Waals surface area contributed by atoms with E-state index in [-0.39, 0.29) is 11.4 Å². The molecule has 0 unspecified atom stereocenters. The first-order valence-electron chi connectivity index (χ1n) is 13.7. The third-order valence-electron chi connectivity index (χ3n) is 7.36. The average Bonchev–Trinajstić information content (AvgIpc) is 3.08. The molecule has 0 atom stereocenters. The Hall–Kier alpha value is -6.28. The van der Waals surface area contributed by atoms with Crippen molar-refractivity contribution in [3.05, 3.63) is 189 Å². The van der Waals surface area contributed by atoms with E-state index in [1.165, 1.54) is 24.3 Å². The highest BCUT2D eigenvalue weighted by Gasteiger charge is 2.19. The topological polar surface area (TPSA) is 112 Å². The zero-order chi connectivity index (χ0) is 30.5. The number of aromatic nitrogens is 2. The molecule has 212 valence electrons. The summed E-state index contributed by atoms with van der Waals surface area (Å²) in [5, 5.41) is 22.9. The van der Waals surface area contributed by atoms with Crippen LogP contribution >= 0.6 is 0 Å². The van der Waals surface area contributed by atoms with Crippen molar-refractivity contribution in [1.29, 1.82) is 0 Å². The van der Waals surface area contributed by atoms with Crippen LogP contribution in [0.1, 0.15) is 22.3 Å².